The quantitative estimate of drug-likeness (QED) is 0.0361. The van der Waals surface area contributed by atoms with E-state index in [0.717, 1.165) is 87.2 Å². The number of H-pyrrole nitrogens is 1. The number of phenols is 2. The van der Waals surface area contributed by atoms with E-state index in [-0.39, 0.29) is 43.5 Å². The number of aromatic amines is 1. The van der Waals surface area contributed by atoms with Crippen molar-refractivity contribution in [3.8, 4) is 39.9 Å². The van der Waals surface area contributed by atoms with Gasteiger partial charge in [-0.15, -0.1) is 0 Å². The average molecular weight is 854 g/mol. The molecular formula is C52H59N3O8. The Hall–Kier alpha value is -5.56. The van der Waals surface area contributed by atoms with Crippen LogP contribution in [-0.2, 0) is 43.3 Å². The first-order chi connectivity index (χ1) is 30.8. The molecule has 63 heavy (non-hydrogen) atoms. The Labute approximate surface area is 369 Å². The van der Waals surface area contributed by atoms with Gasteiger partial charge >= 0.3 is 0 Å². The summed E-state index contributed by atoms with van der Waals surface area (Å²) < 4.78 is 27.2. The third-order valence-corrected chi connectivity index (χ3v) is 13.3. The number of aromatic hydroxyl groups is 2. The Bertz CT molecular complexity index is 2560. The van der Waals surface area contributed by atoms with Crippen molar-refractivity contribution in [3.05, 3.63) is 136 Å². The molecule has 7 N–H and O–H groups in total. The van der Waals surface area contributed by atoms with Gasteiger partial charge in [0, 0.05) is 48.0 Å². The van der Waals surface area contributed by atoms with Crippen LogP contribution in [0.25, 0.3) is 22.0 Å². The molecule has 330 valence electrons. The highest BCUT2D eigenvalue weighted by Gasteiger charge is 2.50. The fourth-order valence-corrected chi connectivity index (χ4v) is 10.2. The highest BCUT2D eigenvalue weighted by atomic mass is 16.6. The molecule has 3 aliphatic rings. The maximum atomic E-state index is 11.3. The van der Waals surface area contributed by atoms with Gasteiger partial charge in [0.1, 0.15) is 29.0 Å². The smallest absolute Gasteiger partial charge is 0.161 e. The summed E-state index contributed by atoms with van der Waals surface area (Å²) >= 11 is 0. The second-order valence-corrected chi connectivity index (χ2v) is 17.4. The zero-order chi connectivity index (χ0) is 43.5. The van der Waals surface area contributed by atoms with Crippen LogP contribution in [0.1, 0.15) is 75.8 Å². The van der Waals surface area contributed by atoms with Crippen molar-refractivity contribution in [2.45, 2.75) is 81.5 Å². The number of ether oxygens (including phenoxy) is 4. The second-order valence-electron chi connectivity index (χ2n) is 17.4. The number of methoxy groups -OCH3 is 1. The van der Waals surface area contributed by atoms with Gasteiger partial charge in [-0.2, -0.15) is 0 Å². The lowest BCUT2D eigenvalue weighted by atomic mass is 9.70. The third-order valence-electron chi connectivity index (χ3n) is 13.3. The summed E-state index contributed by atoms with van der Waals surface area (Å²) in [6.45, 7) is 1.35. The largest absolute Gasteiger partial charge is 0.508 e. The normalized spacial score (nSPS) is 20.0. The highest BCUT2D eigenvalue weighted by molar-refractivity contribution is 5.85. The van der Waals surface area contributed by atoms with Crippen LogP contribution in [0, 0.1) is 0 Å². The number of phenolic OH excluding ortho intramolecular Hbond substituents is 2. The van der Waals surface area contributed by atoms with Crippen molar-refractivity contribution in [1.29, 1.82) is 0 Å². The summed E-state index contributed by atoms with van der Waals surface area (Å²) in [6.07, 6.45) is 6.90. The van der Waals surface area contributed by atoms with Crippen molar-refractivity contribution in [2.75, 3.05) is 47.2 Å². The second kappa shape index (κ2) is 18.7. The first-order valence-corrected chi connectivity index (χ1v) is 22.4. The number of hydrogen-bond acceptors (Lipinski definition) is 10. The topological polar surface area (TPSA) is 158 Å². The van der Waals surface area contributed by atoms with E-state index in [1.54, 1.807) is 13.2 Å². The lowest BCUT2D eigenvalue weighted by Gasteiger charge is -2.47. The highest BCUT2D eigenvalue weighted by Crippen LogP contribution is 2.58. The van der Waals surface area contributed by atoms with Gasteiger partial charge in [0.2, 0.25) is 0 Å². The van der Waals surface area contributed by atoms with Crippen LogP contribution < -0.4 is 24.8 Å². The number of aliphatic hydroxyl groups excluding tert-OH is 2. The monoisotopic (exact) mass is 853 g/mol. The minimum absolute atomic E-state index is 0.0159. The number of fused-ring (bicyclic) bond motifs is 9. The Balaban J connectivity index is 1.20. The SMILES string of the molecule is CNCOC1(CNCCCc2ccccc2)Cc2c3c(c4c(c2OC1c1cc(CCCO)c(O)c(OC)c1)CCC(CO)O4)-c1ccc(O)cc1C(Cc1ccc2[nH]ccc2c1)C3. The number of rotatable bonds is 17. The first kappa shape index (κ1) is 42.7. The maximum Gasteiger partial charge on any atom is 0.161 e. The molecule has 0 spiro atoms. The molecule has 0 amide bonds. The molecule has 1 aromatic heterocycles. The van der Waals surface area contributed by atoms with Crippen molar-refractivity contribution in [2.24, 2.45) is 0 Å². The first-order valence-electron chi connectivity index (χ1n) is 22.4. The van der Waals surface area contributed by atoms with E-state index in [1.165, 1.54) is 11.1 Å². The summed E-state index contributed by atoms with van der Waals surface area (Å²) in [6, 6.07) is 28.7. The Morgan fingerprint density at radius 1 is 0.873 bits per heavy atom. The number of nitrogens with one attached hydrogen (secondary N) is 3. The van der Waals surface area contributed by atoms with E-state index in [1.807, 2.05) is 43.6 Å². The summed E-state index contributed by atoms with van der Waals surface area (Å²) in [5.41, 5.74) is 10.3. The summed E-state index contributed by atoms with van der Waals surface area (Å²) in [7, 11) is 3.42. The molecular weight excluding hydrogens is 795 g/mol. The van der Waals surface area contributed by atoms with E-state index in [2.05, 4.69) is 64.1 Å². The minimum Gasteiger partial charge on any atom is -0.508 e. The van der Waals surface area contributed by atoms with Crippen molar-refractivity contribution >= 4 is 10.9 Å². The van der Waals surface area contributed by atoms with E-state index >= 15 is 0 Å². The Morgan fingerprint density at radius 2 is 1.75 bits per heavy atom. The molecule has 11 nitrogen and oxygen atoms in total. The number of aryl methyl sites for hydroxylation is 2. The molecule has 0 radical (unpaired) electrons. The van der Waals surface area contributed by atoms with Gasteiger partial charge in [0.25, 0.3) is 0 Å². The van der Waals surface area contributed by atoms with Crippen molar-refractivity contribution in [1.82, 2.24) is 15.6 Å². The Kier molecular flexibility index (Phi) is 12.6. The van der Waals surface area contributed by atoms with E-state index < -0.39 is 11.7 Å². The van der Waals surface area contributed by atoms with Crippen LogP contribution in [0.4, 0.5) is 0 Å². The van der Waals surface area contributed by atoms with Crippen molar-refractivity contribution in [3.63, 3.8) is 0 Å². The van der Waals surface area contributed by atoms with Crippen LogP contribution >= 0.6 is 0 Å². The zero-order valence-corrected chi connectivity index (χ0v) is 36.2. The molecule has 9 rings (SSSR count). The summed E-state index contributed by atoms with van der Waals surface area (Å²) in [4.78, 5) is 3.32. The fraction of sp³-hybridized carbons (Fsp3) is 0.385. The van der Waals surface area contributed by atoms with E-state index in [0.29, 0.717) is 56.4 Å². The molecule has 5 aromatic carbocycles. The fourth-order valence-electron chi connectivity index (χ4n) is 10.2. The van der Waals surface area contributed by atoms with Crippen LogP contribution in [0.2, 0.25) is 0 Å². The third kappa shape index (κ3) is 8.48. The van der Waals surface area contributed by atoms with Crippen LogP contribution in [0.15, 0.2) is 91.1 Å². The lowest BCUT2D eigenvalue weighted by molar-refractivity contribution is -0.128. The predicted octanol–water partition coefficient (Wildman–Crippen LogP) is 7.58. The molecule has 0 saturated heterocycles. The zero-order valence-electron chi connectivity index (χ0n) is 36.2. The molecule has 4 unspecified atom stereocenters. The summed E-state index contributed by atoms with van der Waals surface area (Å²) in [5, 5.41) is 50.8. The number of benzene rings is 5. The van der Waals surface area contributed by atoms with E-state index in [9.17, 15) is 20.4 Å². The Morgan fingerprint density at radius 3 is 2.56 bits per heavy atom. The van der Waals surface area contributed by atoms with Gasteiger partial charge in [-0.3, -0.25) is 5.32 Å². The van der Waals surface area contributed by atoms with Gasteiger partial charge in [-0.05, 0) is 158 Å². The molecule has 3 heterocycles. The van der Waals surface area contributed by atoms with Gasteiger partial charge in [0.15, 0.2) is 17.6 Å². The molecule has 4 atom stereocenters. The van der Waals surface area contributed by atoms with Gasteiger partial charge in [-0.1, -0.05) is 42.5 Å². The van der Waals surface area contributed by atoms with Gasteiger partial charge in [0.05, 0.1) is 20.4 Å². The molecule has 0 saturated carbocycles. The molecule has 6 aromatic rings. The van der Waals surface area contributed by atoms with Crippen molar-refractivity contribution < 1.29 is 39.4 Å². The van der Waals surface area contributed by atoms with Crippen LogP contribution in [-0.4, -0.2) is 84.3 Å². The molecule has 1 aliphatic carbocycles. The van der Waals surface area contributed by atoms with Gasteiger partial charge < -0.3 is 49.7 Å². The minimum atomic E-state index is -0.950. The lowest BCUT2D eigenvalue weighted by Crippen LogP contribution is -2.55. The van der Waals surface area contributed by atoms with Crippen LogP contribution in [0.5, 0.6) is 28.7 Å². The molecule has 0 bridgehead atoms. The summed E-state index contributed by atoms with van der Waals surface area (Å²) in [5.74, 6) is 2.12. The van der Waals surface area contributed by atoms with Crippen LogP contribution in [0.3, 0.4) is 0 Å². The average Bonchev–Trinajstić information content (AvgIpc) is 3.79. The van der Waals surface area contributed by atoms with E-state index in [4.69, 9.17) is 18.9 Å². The number of aliphatic hydroxyl groups is 2. The standard InChI is InChI=1S/C52H59N3O8/c1-53-31-61-52(30-54-19-6-10-32-8-4-3-5-9-32)28-44-43-25-36(23-33-12-17-45-34(22-33)18-20-55-45)42-27-38(58)13-15-40(42)47(43)50-41(16-14-39(29-57)62-50)49(44)63-51(52)37-24-35(11-7-21-56)48(59)46(26-37)60-2/h3-5,8-9,12-13,15,17-18,20,22,24,26-27,36,39,51,53-59H,6-7,10-11,14,16,19,21,23,25,28-31H2,1-2H3. The molecule has 2 aliphatic heterocycles. The predicted molar refractivity (Wildman–Crippen MR) is 244 cm³/mol. The van der Waals surface area contributed by atoms with Gasteiger partial charge in [-0.25, -0.2) is 0 Å². The molecule has 11 heteroatoms. The number of hydrogen-bond donors (Lipinski definition) is 7. The maximum absolute atomic E-state index is 11.3. The molecule has 0 fully saturated rings. The number of aromatic nitrogens is 1.